The van der Waals surface area contributed by atoms with Gasteiger partial charge >= 0.3 is 12.0 Å². The minimum atomic E-state index is -0.805. The Kier molecular flexibility index (Phi) is 7.94. The van der Waals surface area contributed by atoms with Gasteiger partial charge in [-0.3, -0.25) is 14.9 Å². The van der Waals surface area contributed by atoms with Gasteiger partial charge in [-0.05, 0) is 49.9 Å². The highest BCUT2D eigenvalue weighted by Gasteiger charge is 2.23. The van der Waals surface area contributed by atoms with E-state index in [-0.39, 0.29) is 23.3 Å². The first-order chi connectivity index (χ1) is 15.2. The third kappa shape index (κ3) is 6.12. The molecule has 3 rings (SSSR count). The monoisotopic (exact) mass is 480 g/mol. The molecule has 32 heavy (non-hydrogen) atoms. The zero-order valence-corrected chi connectivity index (χ0v) is 18.8. The predicted octanol–water partition coefficient (Wildman–Crippen LogP) is 3.24. The number of ether oxygens (including phenoxy) is 2. The molecule has 1 fully saturated rings. The van der Waals surface area contributed by atoms with Crippen LogP contribution in [0.3, 0.4) is 0 Å². The second-order valence-electron chi connectivity index (χ2n) is 7.44. The smallest absolute Gasteiger partial charge is 0.323 e. The van der Waals surface area contributed by atoms with E-state index in [9.17, 15) is 14.4 Å². The van der Waals surface area contributed by atoms with Crippen molar-refractivity contribution in [2.45, 2.75) is 44.2 Å². The largest absolute Gasteiger partial charge is 0.493 e. The Balaban J connectivity index is 1.60. The fraction of sp³-hybridized carbons (Fsp3) is 0.381. The second-order valence-corrected chi connectivity index (χ2v) is 8.89. The Morgan fingerprint density at radius 2 is 1.91 bits per heavy atom. The molecule has 9 nitrogen and oxygen atoms in total. The van der Waals surface area contributed by atoms with Crippen molar-refractivity contribution in [3.05, 3.63) is 34.9 Å². The van der Waals surface area contributed by atoms with E-state index in [1.807, 2.05) is 0 Å². The van der Waals surface area contributed by atoms with Crippen LogP contribution in [0.25, 0.3) is 10.4 Å². The number of halogens is 1. The van der Waals surface area contributed by atoms with Gasteiger partial charge in [0, 0.05) is 16.9 Å². The van der Waals surface area contributed by atoms with E-state index in [1.54, 1.807) is 18.2 Å². The van der Waals surface area contributed by atoms with Gasteiger partial charge < -0.3 is 26.7 Å². The molecule has 0 radical (unpaired) electrons. The predicted molar refractivity (Wildman–Crippen MR) is 123 cm³/mol. The summed E-state index contributed by atoms with van der Waals surface area (Å²) >= 11 is 7.52. The van der Waals surface area contributed by atoms with Crippen molar-refractivity contribution in [3.63, 3.8) is 0 Å². The molecule has 172 valence electrons. The van der Waals surface area contributed by atoms with Gasteiger partial charge in [-0.15, -0.1) is 11.3 Å². The number of carbonyl (C=O) groups excluding carboxylic acids is 3. The molecule has 0 bridgehead atoms. The van der Waals surface area contributed by atoms with E-state index in [4.69, 9.17) is 38.3 Å². The standard InChI is InChI=1S/C21H25ClN4O5S/c22-15-9-12(30-8-7-16(23)20(28)31-11-3-1-2-4-11)5-6-13(15)17-10-14(18(24)27)19(32-17)26-21(25)29/h5-6,9-11,16H,1-4,7-8,23H2,(H2,24,27)(H3,25,26,29). The number of primary amides is 2. The van der Waals surface area contributed by atoms with Crippen LogP contribution in [0.15, 0.2) is 24.3 Å². The minimum absolute atomic E-state index is 0.0214. The van der Waals surface area contributed by atoms with E-state index in [0.717, 1.165) is 37.0 Å². The van der Waals surface area contributed by atoms with Crippen molar-refractivity contribution < 1.29 is 23.9 Å². The third-order valence-electron chi connectivity index (χ3n) is 5.03. The summed E-state index contributed by atoms with van der Waals surface area (Å²) in [5, 5.41) is 3.00. The topological polar surface area (TPSA) is 160 Å². The first kappa shape index (κ1) is 23.8. The van der Waals surface area contributed by atoms with Crippen LogP contribution in [0, 0.1) is 0 Å². The Morgan fingerprint density at radius 3 is 2.53 bits per heavy atom. The highest BCUT2D eigenvalue weighted by molar-refractivity contribution is 7.20. The number of hydrogen-bond donors (Lipinski definition) is 4. The van der Waals surface area contributed by atoms with E-state index in [1.165, 1.54) is 6.07 Å². The maximum absolute atomic E-state index is 12.1. The van der Waals surface area contributed by atoms with Crippen molar-refractivity contribution in [1.29, 1.82) is 0 Å². The van der Waals surface area contributed by atoms with Crippen molar-refractivity contribution in [2.75, 3.05) is 11.9 Å². The summed E-state index contributed by atoms with van der Waals surface area (Å²) in [6, 6.07) is 5.02. The molecule has 1 aromatic carbocycles. The molecule has 1 unspecified atom stereocenters. The average Bonchev–Trinajstić information content (AvgIpc) is 3.37. The minimum Gasteiger partial charge on any atom is -0.493 e. The van der Waals surface area contributed by atoms with E-state index in [2.05, 4.69) is 5.32 Å². The van der Waals surface area contributed by atoms with Crippen LogP contribution < -0.4 is 27.3 Å². The molecule has 1 aromatic heterocycles. The van der Waals surface area contributed by atoms with Crippen molar-refractivity contribution in [3.8, 4) is 16.2 Å². The van der Waals surface area contributed by atoms with Gasteiger partial charge in [0.15, 0.2) is 0 Å². The van der Waals surface area contributed by atoms with Gasteiger partial charge in [0.2, 0.25) is 0 Å². The number of hydrogen-bond acceptors (Lipinski definition) is 7. The number of nitrogens with two attached hydrogens (primary N) is 3. The molecule has 1 atom stereocenters. The van der Waals surface area contributed by atoms with Crippen LogP contribution in [-0.2, 0) is 9.53 Å². The molecule has 11 heteroatoms. The molecular weight excluding hydrogens is 456 g/mol. The summed E-state index contributed by atoms with van der Waals surface area (Å²) in [7, 11) is 0. The van der Waals surface area contributed by atoms with E-state index < -0.39 is 23.9 Å². The van der Waals surface area contributed by atoms with Crippen LogP contribution in [0.1, 0.15) is 42.5 Å². The number of rotatable bonds is 9. The quantitative estimate of drug-likeness (QED) is 0.403. The lowest BCUT2D eigenvalue weighted by atomic mass is 10.1. The summed E-state index contributed by atoms with van der Waals surface area (Å²) in [4.78, 5) is 35.5. The van der Waals surface area contributed by atoms with Crippen molar-refractivity contribution in [2.24, 2.45) is 17.2 Å². The molecule has 1 aliphatic carbocycles. The van der Waals surface area contributed by atoms with Crippen LogP contribution in [0.4, 0.5) is 9.80 Å². The van der Waals surface area contributed by atoms with Crippen molar-refractivity contribution in [1.82, 2.24) is 0 Å². The molecule has 7 N–H and O–H groups in total. The molecule has 0 saturated heterocycles. The van der Waals surface area contributed by atoms with Crippen LogP contribution in [-0.4, -0.2) is 36.7 Å². The van der Waals surface area contributed by atoms with Gasteiger partial charge in [-0.2, -0.15) is 0 Å². The molecule has 1 saturated carbocycles. The number of carbonyl (C=O) groups is 3. The molecule has 0 spiro atoms. The summed E-state index contributed by atoms with van der Waals surface area (Å²) in [5.74, 6) is -0.607. The summed E-state index contributed by atoms with van der Waals surface area (Å²) in [6.07, 6.45) is 4.22. The Hall–Kier alpha value is -2.82. The van der Waals surface area contributed by atoms with Gasteiger partial charge in [0.25, 0.3) is 5.91 Å². The van der Waals surface area contributed by atoms with Crippen LogP contribution >= 0.6 is 22.9 Å². The number of nitrogens with one attached hydrogen (secondary N) is 1. The lowest BCUT2D eigenvalue weighted by molar-refractivity contribution is -0.150. The third-order valence-corrected chi connectivity index (χ3v) is 6.42. The van der Waals surface area contributed by atoms with Gasteiger partial charge in [-0.1, -0.05) is 11.6 Å². The SMILES string of the molecule is NC(=O)Nc1sc(-c2ccc(OCCC(N)C(=O)OC3CCCC3)cc2Cl)cc1C(N)=O. The van der Waals surface area contributed by atoms with Crippen LogP contribution in [0.5, 0.6) is 5.75 Å². The van der Waals surface area contributed by atoms with E-state index in [0.29, 0.717) is 27.6 Å². The Labute approximate surface area is 194 Å². The zero-order valence-electron chi connectivity index (χ0n) is 17.3. The summed E-state index contributed by atoms with van der Waals surface area (Å²) in [5.41, 5.74) is 17.2. The van der Waals surface area contributed by atoms with Gasteiger partial charge in [-0.25, -0.2) is 4.79 Å². The highest BCUT2D eigenvalue weighted by Crippen LogP contribution is 2.39. The fourth-order valence-corrected chi connectivity index (χ4v) is 4.81. The average molecular weight is 481 g/mol. The number of thiophene rings is 1. The number of amides is 3. The van der Waals surface area contributed by atoms with E-state index >= 15 is 0 Å². The maximum Gasteiger partial charge on any atom is 0.323 e. The highest BCUT2D eigenvalue weighted by atomic mass is 35.5. The number of urea groups is 1. The lowest BCUT2D eigenvalue weighted by Crippen LogP contribution is -2.35. The first-order valence-electron chi connectivity index (χ1n) is 10.1. The molecule has 1 heterocycles. The maximum atomic E-state index is 12.1. The van der Waals surface area contributed by atoms with Crippen LogP contribution in [0.2, 0.25) is 5.02 Å². The number of benzene rings is 1. The summed E-state index contributed by atoms with van der Waals surface area (Å²) in [6.45, 7) is 0.216. The van der Waals surface area contributed by atoms with Crippen molar-refractivity contribution >= 4 is 45.8 Å². The molecular formula is C21H25ClN4O5S. The fourth-order valence-electron chi connectivity index (χ4n) is 3.38. The first-order valence-corrected chi connectivity index (χ1v) is 11.3. The number of esters is 1. The zero-order chi connectivity index (χ0) is 23.3. The second kappa shape index (κ2) is 10.7. The Bertz CT molecular complexity index is 1010. The van der Waals surface area contributed by atoms with Gasteiger partial charge in [0.05, 0.1) is 17.2 Å². The Morgan fingerprint density at radius 1 is 1.19 bits per heavy atom. The molecule has 3 amide bonds. The molecule has 0 aliphatic heterocycles. The molecule has 1 aliphatic rings. The molecule has 2 aromatic rings. The lowest BCUT2D eigenvalue weighted by Gasteiger charge is -2.16. The summed E-state index contributed by atoms with van der Waals surface area (Å²) < 4.78 is 11.1. The number of anilines is 1. The normalized spacial score (nSPS) is 14.7. The van der Waals surface area contributed by atoms with Gasteiger partial charge in [0.1, 0.15) is 22.9 Å².